The van der Waals surface area contributed by atoms with Crippen molar-refractivity contribution >= 4 is 6.09 Å². The molecular weight excluding hydrogens is 154 g/mol. The summed E-state index contributed by atoms with van der Waals surface area (Å²) in [6.45, 7) is 5.96. The Bertz CT molecular complexity index is 143. The zero-order valence-corrected chi connectivity index (χ0v) is 8.18. The van der Waals surface area contributed by atoms with Crippen LogP contribution in [0.5, 0.6) is 0 Å². The van der Waals surface area contributed by atoms with Gasteiger partial charge in [0.05, 0.1) is 0 Å². The van der Waals surface area contributed by atoms with E-state index in [0.29, 0.717) is 0 Å². The predicted octanol–water partition coefficient (Wildman–Crippen LogP) is 2.61. The fraction of sp³-hybridized carbons (Fsp3) is 0.889. The van der Waals surface area contributed by atoms with Crippen LogP contribution in [0.15, 0.2) is 0 Å². The van der Waals surface area contributed by atoms with Crippen LogP contribution in [0.3, 0.4) is 0 Å². The van der Waals surface area contributed by atoms with Gasteiger partial charge < -0.3 is 10.4 Å². The highest BCUT2D eigenvalue weighted by Gasteiger charge is 2.18. The first-order valence-corrected chi connectivity index (χ1v) is 4.49. The van der Waals surface area contributed by atoms with Crippen molar-refractivity contribution in [3.63, 3.8) is 0 Å². The third-order valence-electron chi connectivity index (χ3n) is 1.85. The molecule has 3 heteroatoms. The van der Waals surface area contributed by atoms with Crippen molar-refractivity contribution in [1.82, 2.24) is 5.32 Å². The van der Waals surface area contributed by atoms with Gasteiger partial charge in [-0.1, -0.05) is 26.2 Å². The highest BCUT2D eigenvalue weighted by molar-refractivity contribution is 5.65. The first-order chi connectivity index (χ1) is 5.48. The van der Waals surface area contributed by atoms with Crippen LogP contribution in [0.25, 0.3) is 0 Å². The van der Waals surface area contributed by atoms with Gasteiger partial charge in [0, 0.05) is 5.54 Å². The first-order valence-electron chi connectivity index (χ1n) is 4.49. The molecule has 0 radical (unpaired) electrons. The van der Waals surface area contributed by atoms with Gasteiger partial charge in [-0.25, -0.2) is 4.79 Å². The number of unbranched alkanes of at least 4 members (excludes halogenated alkanes) is 2. The van der Waals surface area contributed by atoms with Crippen LogP contribution >= 0.6 is 0 Å². The van der Waals surface area contributed by atoms with Gasteiger partial charge >= 0.3 is 6.09 Å². The van der Waals surface area contributed by atoms with Crippen LogP contribution < -0.4 is 5.32 Å². The Morgan fingerprint density at radius 3 is 2.42 bits per heavy atom. The number of nitrogens with one attached hydrogen (secondary N) is 1. The summed E-state index contributed by atoms with van der Waals surface area (Å²) in [6, 6.07) is 0. The van der Waals surface area contributed by atoms with E-state index in [-0.39, 0.29) is 5.54 Å². The van der Waals surface area contributed by atoms with Crippen molar-refractivity contribution < 1.29 is 9.90 Å². The highest BCUT2D eigenvalue weighted by atomic mass is 16.4. The highest BCUT2D eigenvalue weighted by Crippen LogP contribution is 2.13. The van der Waals surface area contributed by atoms with Gasteiger partial charge in [0.25, 0.3) is 0 Å². The molecular formula is C9H19NO2. The standard InChI is InChI=1S/C9H19NO2/c1-4-5-6-7-9(2,3)10-8(11)12/h10H,4-7H2,1-3H3,(H,11,12). The predicted molar refractivity (Wildman–Crippen MR) is 49.4 cm³/mol. The van der Waals surface area contributed by atoms with Crippen molar-refractivity contribution in [2.45, 2.75) is 52.0 Å². The molecule has 0 heterocycles. The zero-order valence-electron chi connectivity index (χ0n) is 8.18. The number of rotatable bonds is 5. The smallest absolute Gasteiger partial charge is 0.405 e. The molecule has 0 aliphatic heterocycles. The van der Waals surface area contributed by atoms with Gasteiger partial charge in [-0.3, -0.25) is 0 Å². The summed E-state index contributed by atoms with van der Waals surface area (Å²) < 4.78 is 0. The van der Waals surface area contributed by atoms with Crippen LogP contribution in [0.1, 0.15) is 46.5 Å². The maximum absolute atomic E-state index is 10.3. The first kappa shape index (κ1) is 11.3. The largest absolute Gasteiger partial charge is 0.465 e. The van der Waals surface area contributed by atoms with E-state index in [2.05, 4.69) is 12.2 Å². The second kappa shape index (κ2) is 5.01. The number of amides is 1. The van der Waals surface area contributed by atoms with Crippen molar-refractivity contribution in [3.05, 3.63) is 0 Å². The maximum Gasteiger partial charge on any atom is 0.405 e. The van der Waals surface area contributed by atoms with Crippen molar-refractivity contribution in [1.29, 1.82) is 0 Å². The average molecular weight is 173 g/mol. The SMILES string of the molecule is CCCCCC(C)(C)NC(=O)O. The molecule has 0 atom stereocenters. The van der Waals surface area contributed by atoms with Gasteiger partial charge in [-0.05, 0) is 20.3 Å². The molecule has 0 aliphatic rings. The molecule has 0 aromatic rings. The Morgan fingerprint density at radius 1 is 1.42 bits per heavy atom. The molecule has 0 fully saturated rings. The van der Waals surface area contributed by atoms with Crippen molar-refractivity contribution in [2.24, 2.45) is 0 Å². The molecule has 2 N–H and O–H groups in total. The molecule has 0 saturated heterocycles. The molecule has 0 rings (SSSR count). The summed E-state index contributed by atoms with van der Waals surface area (Å²) in [5, 5.41) is 11.0. The van der Waals surface area contributed by atoms with Gasteiger partial charge in [0.1, 0.15) is 0 Å². The lowest BCUT2D eigenvalue weighted by Crippen LogP contribution is -2.42. The van der Waals surface area contributed by atoms with Gasteiger partial charge in [-0.2, -0.15) is 0 Å². The Balaban J connectivity index is 3.63. The summed E-state index contributed by atoms with van der Waals surface area (Å²) in [7, 11) is 0. The lowest BCUT2D eigenvalue weighted by Gasteiger charge is -2.24. The van der Waals surface area contributed by atoms with Crippen LogP contribution in [-0.4, -0.2) is 16.7 Å². The molecule has 0 spiro atoms. The summed E-state index contributed by atoms with van der Waals surface area (Å²) in [4.78, 5) is 10.3. The third-order valence-corrected chi connectivity index (χ3v) is 1.85. The Kier molecular flexibility index (Phi) is 4.71. The molecule has 12 heavy (non-hydrogen) atoms. The Hall–Kier alpha value is -0.730. The fourth-order valence-corrected chi connectivity index (χ4v) is 1.17. The summed E-state index contributed by atoms with van der Waals surface area (Å²) in [5.74, 6) is 0. The van der Waals surface area contributed by atoms with Crippen LogP contribution in [0, 0.1) is 0 Å². The minimum atomic E-state index is -0.934. The Labute approximate surface area is 74.2 Å². The van der Waals surface area contributed by atoms with E-state index in [1.165, 1.54) is 12.8 Å². The second-order valence-electron chi connectivity index (χ2n) is 3.77. The minimum absolute atomic E-state index is 0.277. The van der Waals surface area contributed by atoms with Gasteiger partial charge in [0.2, 0.25) is 0 Å². The van der Waals surface area contributed by atoms with E-state index in [9.17, 15) is 4.79 Å². The number of hydrogen-bond acceptors (Lipinski definition) is 1. The molecule has 1 amide bonds. The molecule has 0 bridgehead atoms. The number of carboxylic acid groups (broad SMARTS) is 1. The topological polar surface area (TPSA) is 49.3 Å². The van der Waals surface area contributed by atoms with E-state index in [1.54, 1.807) is 0 Å². The summed E-state index contributed by atoms with van der Waals surface area (Å²) in [6.07, 6.45) is 3.40. The quantitative estimate of drug-likeness (QED) is 0.628. The van der Waals surface area contributed by atoms with E-state index >= 15 is 0 Å². The van der Waals surface area contributed by atoms with Crippen LogP contribution in [0.4, 0.5) is 4.79 Å². The molecule has 3 nitrogen and oxygen atoms in total. The number of carbonyl (C=O) groups is 1. The van der Waals surface area contributed by atoms with Crippen LogP contribution in [0.2, 0.25) is 0 Å². The molecule has 0 aliphatic carbocycles. The molecule has 0 aromatic carbocycles. The van der Waals surface area contributed by atoms with Gasteiger partial charge in [0.15, 0.2) is 0 Å². The fourth-order valence-electron chi connectivity index (χ4n) is 1.17. The van der Waals surface area contributed by atoms with E-state index < -0.39 is 6.09 Å². The van der Waals surface area contributed by atoms with E-state index in [0.717, 1.165) is 12.8 Å². The monoisotopic (exact) mass is 173 g/mol. The Morgan fingerprint density at radius 2 is 2.00 bits per heavy atom. The third kappa shape index (κ3) is 6.01. The van der Waals surface area contributed by atoms with Crippen molar-refractivity contribution in [2.75, 3.05) is 0 Å². The second-order valence-corrected chi connectivity index (χ2v) is 3.77. The average Bonchev–Trinajstić information content (AvgIpc) is 1.84. The molecule has 72 valence electrons. The van der Waals surface area contributed by atoms with Crippen LogP contribution in [-0.2, 0) is 0 Å². The van der Waals surface area contributed by atoms with Crippen molar-refractivity contribution in [3.8, 4) is 0 Å². The molecule has 0 saturated carbocycles. The lowest BCUT2D eigenvalue weighted by atomic mass is 9.97. The van der Waals surface area contributed by atoms with Gasteiger partial charge in [-0.15, -0.1) is 0 Å². The minimum Gasteiger partial charge on any atom is -0.465 e. The number of hydrogen-bond donors (Lipinski definition) is 2. The molecule has 0 unspecified atom stereocenters. The summed E-state index contributed by atoms with van der Waals surface area (Å²) in [5.41, 5.74) is -0.277. The summed E-state index contributed by atoms with van der Waals surface area (Å²) >= 11 is 0. The lowest BCUT2D eigenvalue weighted by molar-refractivity contribution is 0.180. The normalized spacial score (nSPS) is 11.2. The molecule has 0 aromatic heterocycles. The van der Waals surface area contributed by atoms with E-state index in [1.807, 2.05) is 13.8 Å². The maximum atomic E-state index is 10.3. The van der Waals surface area contributed by atoms with E-state index in [4.69, 9.17) is 5.11 Å². The zero-order chi connectivity index (χ0) is 9.61.